The number of carbonyl (C=O) groups is 1. The van der Waals surface area contributed by atoms with E-state index >= 15 is 0 Å². The van der Waals surface area contributed by atoms with Crippen LogP contribution in [0.4, 0.5) is 5.82 Å². The average molecular weight is 300 g/mol. The molecule has 1 amide bonds. The van der Waals surface area contributed by atoms with E-state index in [2.05, 4.69) is 14.9 Å². The maximum Gasteiger partial charge on any atom is 0.246 e. The molecular weight excluding hydrogens is 284 g/mol. The standard InChI is InChI=1S/C15H16N4OS/c20-15(2-1-13-3-10-21-12-13)19-8-6-18(7-9-19)14-11-16-4-5-17-14/h1-5,10-12H,6-9H2/b2-1+. The lowest BCUT2D eigenvalue weighted by atomic mass is 10.2. The molecule has 21 heavy (non-hydrogen) atoms. The molecule has 6 heteroatoms. The minimum absolute atomic E-state index is 0.0694. The third-order valence-electron chi connectivity index (χ3n) is 3.43. The maximum absolute atomic E-state index is 12.1. The van der Waals surface area contributed by atoms with Gasteiger partial charge in [-0.1, -0.05) is 0 Å². The van der Waals surface area contributed by atoms with E-state index in [1.807, 2.05) is 27.8 Å². The Morgan fingerprint density at radius 2 is 2.10 bits per heavy atom. The molecule has 0 spiro atoms. The fraction of sp³-hybridized carbons (Fsp3) is 0.267. The number of carbonyl (C=O) groups excluding carboxylic acids is 1. The lowest BCUT2D eigenvalue weighted by Crippen LogP contribution is -2.48. The summed E-state index contributed by atoms with van der Waals surface area (Å²) in [6.07, 6.45) is 8.64. The van der Waals surface area contributed by atoms with E-state index in [0.29, 0.717) is 13.1 Å². The number of rotatable bonds is 3. The van der Waals surface area contributed by atoms with Gasteiger partial charge in [0.25, 0.3) is 0 Å². The number of piperazine rings is 1. The van der Waals surface area contributed by atoms with Gasteiger partial charge in [0.1, 0.15) is 5.82 Å². The largest absolute Gasteiger partial charge is 0.352 e. The molecule has 3 heterocycles. The highest BCUT2D eigenvalue weighted by molar-refractivity contribution is 7.08. The van der Waals surface area contributed by atoms with E-state index in [1.54, 1.807) is 36.0 Å². The van der Waals surface area contributed by atoms with Gasteiger partial charge < -0.3 is 9.80 Å². The van der Waals surface area contributed by atoms with Crippen LogP contribution in [0.2, 0.25) is 0 Å². The molecule has 3 rings (SSSR count). The lowest BCUT2D eigenvalue weighted by molar-refractivity contribution is -0.126. The van der Waals surface area contributed by atoms with E-state index < -0.39 is 0 Å². The normalized spacial score (nSPS) is 15.6. The second kappa shape index (κ2) is 6.49. The Kier molecular flexibility index (Phi) is 4.25. The van der Waals surface area contributed by atoms with Crippen LogP contribution in [0.15, 0.2) is 41.5 Å². The van der Waals surface area contributed by atoms with Gasteiger partial charge in [-0.2, -0.15) is 11.3 Å². The molecule has 0 bridgehead atoms. The van der Waals surface area contributed by atoms with Gasteiger partial charge in [-0.15, -0.1) is 0 Å². The van der Waals surface area contributed by atoms with Crippen molar-refractivity contribution >= 4 is 29.1 Å². The highest BCUT2D eigenvalue weighted by Crippen LogP contribution is 2.12. The van der Waals surface area contributed by atoms with Gasteiger partial charge in [0.2, 0.25) is 5.91 Å². The van der Waals surface area contributed by atoms with Crippen LogP contribution in [-0.2, 0) is 4.79 Å². The van der Waals surface area contributed by atoms with Gasteiger partial charge in [-0.3, -0.25) is 9.78 Å². The summed E-state index contributed by atoms with van der Waals surface area (Å²) in [5.41, 5.74) is 1.08. The topological polar surface area (TPSA) is 49.3 Å². The van der Waals surface area contributed by atoms with Gasteiger partial charge >= 0.3 is 0 Å². The molecule has 1 fully saturated rings. The summed E-state index contributed by atoms with van der Waals surface area (Å²) in [7, 11) is 0. The first-order valence-corrected chi connectivity index (χ1v) is 7.77. The Hall–Kier alpha value is -2.21. The molecule has 1 aliphatic rings. The quantitative estimate of drug-likeness (QED) is 0.812. The summed E-state index contributed by atoms with van der Waals surface area (Å²) >= 11 is 1.63. The minimum atomic E-state index is 0.0694. The first kappa shape index (κ1) is 13.8. The van der Waals surface area contributed by atoms with Gasteiger partial charge in [-0.25, -0.2) is 4.98 Å². The predicted molar refractivity (Wildman–Crippen MR) is 84.2 cm³/mol. The van der Waals surface area contributed by atoms with E-state index in [-0.39, 0.29) is 5.91 Å². The smallest absolute Gasteiger partial charge is 0.246 e. The fourth-order valence-corrected chi connectivity index (χ4v) is 2.88. The van der Waals surface area contributed by atoms with Crippen LogP contribution >= 0.6 is 11.3 Å². The molecule has 1 saturated heterocycles. The lowest BCUT2D eigenvalue weighted by Gasteiger charge is -2.34. The van der Waals surface area contributed by atoms with Crippen molar-refractivity contribution in [1.29, 1.82) is 0 Å². The Balaban J connectivity index is 1.55. The Morgan fingerprint density at radius 1 is 1.24 bits per heavy atom. The fourth-order valence-electron chi connectivity index (χ4n) is 2.25. The summed E-state index contributed by atoms with van der Waals surface area (Å²) in [5, 5.41) is 4.03. The van der Waals surface area contributed by atoms with Crippen LogP contribution < -0.4 is 4.90 Å². The van der Waals surface area contributed by atoms with Crippen LogP contribution in [0.5, 0.6) is 0 Å². The average Bonchev–Trinajstić information content (AvgIpc) is 3.07. The van der Waals surface area contributed by atoms with Crippen LogP contribution in [0.25, 0.3) is 6.08 Å². The summed E-state index contributed by atoms with van der Waals surface area (Å²) < 4.78 is 0. The van der Waals surface area contributed by atoms with E-state index in [9.17, 15) is 4.79 Å². The molecular formula is C15H16N4OS. The molecule has 2 aromatic rings. The highest BCUT2D eigenvalue weighted by Gasteiger charge is 2.20. The van der Waals surface area contributed by atoms with E-state index in [1.165, 1.54) is 0 Å². The second-order valence-corrected chi connectivity index (χ2v) is 5.55. The highest BCUT2D eigenvalue weighted by atomic mass is 32.1. The van der Waals surface area contributed by atoms with Gasteiger partial charge in [-0.05, 0) is 28.5 Å². The van der Waals surface area contributed by atoms with Crippen molar-refractivity contribution in [2.24, 2.45) is 0 Å². The van der Waals surface area contributed by atoms with E-state index in [4.69, 9.17) is 0 Å². The van der Waals surface area contributed by atoms with Gasteiger partial charge in [0, 0.05) is 44.6 Å². The SMILES string of the molecule is O=C(/C=C/c1ccsc1)N1CCN(c2cnccn2)CC1. The number of hydrogen-bond donors (Lipinski definition) is 0. The van der Waals surface area contributed by atoms with Crippen molar-refractivity contribution in [3.8, 4) is 0 Å². The van der Waals surface area contributed by atoms with Crippen molar-refractivity contribution in [1.82, 2.24) is 14.9 Å². The Morgan fingerprint density at radius 3 is 2.76 bits per heavy atom. The predicted octanol–water partition coefficient (Wildman–Crippen LogP) is 1.90. The Labute approximate surface area is 127 Å². The van der Waals surface area contributed by atoms with Crippen molar-refractivity contribution in [2.45, 2.75) is 0 Å². The molecule has 108 valence electrons. The summed E-state index contributed by atoms with van der Waals surface area (Å²) in [6, 6.07) is 2.00. The molecule has 0 radical (unpaired) electrons. The third kappa shape index (κ3) is 3.46. The van der Waals surface area contributed by atoms with Crippen molar-refractivity contribution in [3.63, 3.8) is 0 Å². The number of nitrogens with zero attached hydrogens (tertiary/aromatic N) is 4. The number of amides is 1. The Bertz CT molecular complexity index is 604. The zero-order valence-corrected chi connectivity index (χ0v) is 12.4. The number of thiophene rings is 1. The summed E-state index contributed by atoms with van der Waals surface area (Å²) in [6.45, 7) is 3.00. The molecule has 0 aromatic carbocycles. The summed E-state index contributed by atoms with van der Waals surface area (Å²) in [5.74, 6) is 0.943. The third-order valence-corrected chi connectivity index (χ3v) is 4.13. The number of hydrogen-bond acceptors (Lipinski definition) is 5. The zero-order chi connectivity index (χ0) is 14.5. The van der Waals surface area contributed by atoms with Crippen molar-refractivity contribution < 1.29 is 4.79 Å². The van der Waals surface area contributed by atoms with Crippen LogP contribution in [0.3, 0.4) is 0 Å². The first-order valence-electron chi connectivity index (χ1n) is 6.83. The molecule has 0 aliphatic carbocycles. The number of anilines is 1. The van der Waals surface area contributed by atoms with Gasteiger partial charge in [0.05, 0.1) is 6.20 Å². The molecule has 2 aromatic heterocycles. The second-order valence-electron chi connectivity index (χ2n) is 4.77. The van der Waals surface area contributed by atoms with Crippen LogP contribution in [-0.4, -0.2) is 47.0 Å². The minimum Gasteiger partial charge on any atom is -0.352 e. The van der Waals surface area contributed by atoms with Crippen LogP contribution in [0, 0.1) is 0 Å². The molecule has 0 unspecified atom stereocenters. The zero-order valence-electron chi connectivity index (χ0n) is 11.6. The van der Waals surface area contributed by atoms with Crippen molar-refractivity contribution in [2.75, 3.05) is 31.1 Å². The van der Waals surface area contributed by atoms with Gasteiger partial charge in [0.15, 0.2) is 0 Å². The molecule has 0 atom stereocenters. The molecule has 0 saturated carbocycles. The molecule has 1 aliphatic heterocycles. The maximum atomic E-state index is 12.1. The molecule has 5 nitrogen and oxygen atoms in total. The van der Waals surface area contributed by atoms with E-state index in [0.717, 1.165) is 24.5 Å². The molecule has 0 N–H and O–H groups in total. The number of aromatic nitrogens is 2. The first-order chi connectivity index (χ1) is 10.3. The van der Waals surface area contributed by atoms with Crippen molar-refractivity contribution in [3.05, 3.63) is 47.1 Å². The summed E-state index contributed by atoms with van der Waals surface area (Å²) in [4.78, 5) is 24.5. The monoisotopic (exact) mass is 300 g/mol. The van der Waals surface area contributed by atoms with Crippen LogP contribution in [0.1, 0.15) is 5.56 Å².